The summed E-state index contributed by atoms with van der Waals surface area (Å²) in [6.07, 6.45) is 4.26. The summed E-state index contributed by atoms with van der Waals surface area (Å²) >= 11 is 6.01. The van der Waals surface area contributed by atoms with Crippen molar-refractivity contribution in [2.45, 2.75) is 53.1 Å². The van der Waals surface area contributed by atoms with Crippen LogP contribution in [0.1, 0.15) is 52.2 Å². The van der Waals surface area contributed by atoms with Gasteiger partial charge in [-0.3, -0.25) is 9.48 Å². The first-order valence-electron chi connectivity index (χ1n) is 11.3. The maximum absolute atomic E-state index is 13.0. The Hall–Kier alpha value is -3.36. The van der Waals surface area contributed by atoms with E-state index in [1.54, 1.807) is 6.08 Å². The first-order chi connectivity index (χ1) is 16.0. The molecule has 0 aliphatic heterocycles. The van der Waals surface area contributed by atoms with Crippen LogP contribution >= 0.6 is 11.6 Å². The normalized spacial score (nSPS) is 12.3. The van der Waals surface area contributed by atoms with E-state index in [1.807, 2.05) is 79.3 Å². The van der Waals surface area contributed by atoms with Crippen molar-refractivity contribution in [1.29, 1.82) is 5.26 Å². The van der Waals surface area contributed by atoms with E-state index in [0.717, 1.165) is 17.5 Å². The van der Waals surface area contributed by atoms with Gasteiger partial charge in [0.25, 0.3) is 5.91 Å². The van der Waals surface area contributed by atoms with Crippen molar-refractivity contribution in [2.24, 2.45) is 5.41 Å². The molecule has 6 heteroatoms. The van der Waals surface area contributed by atoms with E-state index in [0.29, 0.717) is 22.8 Å². The lowest BCUT2D eigenvalue weighted by atomic mass is 9.81. The second-order valence-electron chi connectivity index (χ2n) is 10.4. The molecular formula is C28H31ClN4O. The molecule has 1 heterocycles. The largest absolute Gasteiger partial charge is 0.347 e. The molecule has 176 valence electrons. The van der Waals surface area contributed by atoms with Gasteiger partial charge in [0.05, 0.1) is 12.2 Å². The number of hydrogen-bond donors (Lipinski definition) is 1. The lowest BCUT2D eigenvalue weighted by Gasteiger charge is -2.33. The van der Waals surface area contributed by atoms with E-state index in [4.69, 9.17) is 16.7 Å². The Kier molecular flexibility index (Phi) is 7.64. The monoisotopic (exact) mass is 474 g/mol. The predicted molar refractivity (Wildman–Crippen MR) is 138 cm³/mol. The van der Waals surface area contributed by atoms with Gasteiger partial charge in [0.1, 0.15) is 11.6 Å². The Morgan fingerprint density at radius 2 is 1.74 bits per heavy atom. The maximum atomic E-state index is 13.0. The molecule has 34 heavy (non-hydrogen) atoms. The summed E-state index contributed by atoms with van der Waals surface area (Å²) in [5.41, 5.74) is 3.01. The molecule has 2 aromatic carbocycles. The van der Waals surface area contributed by atoms with Gasteiger partial charge in [-0.25, -0.2) is 0 Å². The average Bonchev–Trinajstić information content (AvgIpc) is 3.14. The predicted octanol–water partition coefficient (Wildman–Crippen LogP) is 6.49. The fourth-order valence-corrected chi connectivity index (χ4v) is 4.40. The van der Waals surface area contributed by atoms with Crippen molar-refractivity contribution in [3.05, 3.63) is 82.5 Å². The van der Waals surface area contributed by atoms with Crippen LogP contribution in [0.2, 0.25) is 5.02 Å². The third kappa shape index (κ3) is 7.07. The molecule has 0 spiro atoms. The van der Waals surface area contributed by atoms with Crippen LogP contribution < -0.4 is 5.32 Å². The van der Waals surface area contributed by atoms with Gasteiger partial charge in [-0.05, 0) is 49.5 Å². The fourth-order valence-electron chi connectivity index (χ4n) is 4.27. The number of amides is 1. The van der Waals surface area contributed by atoms with Gasteiger partial charge >= 0.3 is 0 Å². The third-order valence-corrected chi connectivity index (χ3v) is 5.44. The fraction of sp³-hybridized carbons (Fsp3) is 0.321. The summed E-state index contributed by atoms with van der Waals surface area (Å²) in [5.74, 6) is -0.388. The second kappa shape index (κ2) is 10.3. The number of halogens is 1. The molecule has 0 aliphatic carbocycles. The number of rotatable bonds is 7. The lowest BCUT2D eigenvalue weighted by Crippen LogP contribution is -2.46. The Morgan fingerprint density at radius 3 is 2.32 bits per heavy atom. The highest BCUT2D eigenvalue weighted by molar-refractivity contribution is 6.30. The Labute approximate surface area is 207 Å². The molecule has 0 fully saturated rings. The molecular weight excluding hydrogens is 444 g/mol. The van der Waals surface area contributed by atoms with Crippen LogP contribution in [0.4, 0.5) is 0 Å². The number of benzene rings is 2. The molecule has 1 amide bonds. The molecule has 3 aromatic rings. The molecule has 0 unspecified atom stereocenters. The third-order valence-electron chi connectivity index (χ3n) is 5.18. The van der Waals surface area contributed by atoms with Gasteiger partial charge in [0.15, 0.2) is 0 Å². The molecule has 3 rings (SSSR count). The smallest absolute Gasteiger partial charge is 0.262 e. The maximum Gasteiger partial charge on any atom is 0.262 e. The van der Waals surface area contributed by atoms with E-state index >= 15 is 0 Å². The standard InChI is InChI=1S/C28H31ClN4O/c1-27(2,3)19-28(4,5)31-26(34)22(16-30)15-23-18-33(17-20-11-13-24(29)14-12-20)32-25(23)21-9-7-6-8-10-21/h6-15,18H,17,19H2,1-5H3,(H,31,34). The van der Waals surface area contributed by atoms with Crippen molar-refractivity contribution in [3.8, 4) is 17.3 Å². The molecule has 0 saturated carbocycles. The van der Waals surface area contributed by atoms with Crippen LogP contribution in [0.15, 0.2) is 66.4 Å². The summed E-state index contributed by atoms with van der Waals surface area (Å²) in [4.78, 5) is 13.0. The highest BCUT2D eigenvalue weighted by Crippen LogP contribution is 2.28. The van der Waals surface area contributed by atoms with E-state index in [9.17, 15) is 10.1 Å². The summed E-state index contributed by atoms with van der Waals surface area (Å²) in [5, 5.41) is 18.3. The number of hydrogen-bond acceptors (Lipinski definition) is 3. The number of carbonyl (C=O) groups excluding carboxylic acids is 1. The molecule has 0 aliphatic rings. The van der Waals surface area contributed by atoms with Crippen LogP contribution in [0.3, 0.4) is 0 Å². The van der Waals surface area contributed by atoms with Gasteiger partial charge in [0.2, 0.25) is 0 Å². The quantitative estimate of drug-likeness (QED) is 0.314. The number of nitriles is 1. The summed E-state index contributed by atoms with van der Waals surface area (Å²) in [7, 11) is 0. The van der Waals surface area contributed by atoms with Crippen LogP contribution in [-0.4, -0.2) is 21.2 Å². The van der Waals surface area contributed by atoms with Crippen molar-refractivity contribution in [1.82, 2.24) is 15.1 Å². The Bertz CT molecular complexity index is 1210. The minimum absolute atomic E-state index is 0.0383. The summed E-state index contributed by atoms with van der Waals surface area (Å²) in [6.45, 7) is 10.9. The van der Waals surface area contributed by atoms with E-state index < -0.39 is 5.54 Å². The molecule has 5 nitrogen and oxygen atoms in total. The van der Waals surface area contributed by atoms with Crippen molar-refractivity contribution < 1.29 is 4.79 Å². The van der Waals surface area contributed by atoms with Gasteiger partial charge in [-0.1, -0.05) is 74.8 Å². The van der Waals surface area contributed by atoms with Gasteiger partial charge in [0, 0.05) is 27.9 Å². The molecule has 0 bridgehead atoms. The van der Waals surface area contributed by atoms with Crippen LogP contribution in [0.25, 0.3) is 17.3 Å². The molecule has 1 N–H and O–H groups in total. The highest BCUT2D eigenvalue weighted by Gasteiger charge is 2.28. The van der Waals surface area contributed by atoms with Crippen LogP contribution in [0, 0.1) is 16.7 Å². The van der Waals surface area contributed by atoms with Crippen molar-refractivity contribution in [2.75, 3.05) is 0 Å². The van der Waals surface area contributed by atoms with E-state index in [2.05, 4.69) is 32.2 Å². The Balaban J connectivity index is 1.95. The second-order valence-corrected chi connectivity index (χ2v) is 10.8. The number of carbonyl (C=O) groups is 1. The summed E-state index contributed by atoms with van der Waals surface area (Å²) < 4.78 is 1.81. The number of aromatic nitrogens is 2. The topological polar surface area (TPSA) is 70.7 Å². The van der Waals surface area contributed by atoms with Crippen LogP contribution in [0.5, 0.6) is 0 Å². The van der Waals surface area contributed by atoms with Crippen molar-refractivity contribution >= 4 is 23.6 Å². The van der Waals surface area contributed by atoms with Gasteiger partial charge < -0.3 is 5.32 Å². The minimum atomic E-state index is -0.452. The van der Waals surface area contributed by atoms with Gasteiger partial charge in [-0.15, -0.1) is 0 Å². The minimum Gasteiger partial charge on any atom is -0.347 e. The summed E-state index contributed by atoms with van der Waals surface area (Å²) in [6, 6.07) is 19.4. The zero-order valence-electron chi connectivity index (χ0n) is 20.4. The SMILES string of the molecule is CC(C)(C)CC(C)(C)NC(=O)C(C#N)=Cc1cn(Cc2ccc(Cl)cc2)nc1-c1ccccc1. The number of nitrogens with one attached hydrogen (secondary N) is 1. The van der Waals surface area contributed by atoms with Gasteiger partial charge in [-0.2, -0.15) is 10.4 Å². The molecule has 0 saturated heterocycles. The first-order valence-corrected chi connectivity index (χ1v) is 11.7. The Morgan fingerprint density at radius 1 is 1.09 bits per heavy atom. The zero-order chi connectivity index (χ0) is 24.9. The zero-order valence-corrected chi connectivity index (χ0v) is 21.1. The van der Waals surface area contributed by atoms with Crippen molar-refractivity contribution in [3.63, 3.8) is 0 Å². The lowest BCUT2D eigenvalue weighted by molar-refractivity contribution is -0.118. The average molecular weight is 475 g/mol. The molecule has 1 aromatic heterocycles. The van der Waals surface area contributed by atoms with E-state index in [-0.39, 0.29) is 16.9 Å². The van der Waals surface area contributed by atoms with E-state index in [1.165, 1.54) is 0 Å². The molecule has 0 atom stereocenters. The number of nitrogens with zero attached hydrogens (tertiary/aromatic N) is 3. The van der Waals surface area contributed by atoms with Crippen LogP contribution in [-0.2, 0) is 11.3 Å². The highest BCUT2D eigenvalue weighted by atomic mass is 35.5. The molecule has 0 radical (unpaired) electrons. The first kappa shape index (κ1) is 25.3.